The van der Waals surface area contributed by atoms with E-state index >= 15 is 0 Å². The van der Waals surface area contributed by atoms with Gasteiger partial charge in [0.15, 0.2) is 0 Å². The Morgan fingerprint density at radius 1 is 1.29 bits per heavy atom. The fraction of sp³-hybridized carbons (Fsp3) is 0.269. The lowest BCUT2D eigenvalue weighted by Crippen LogP contribution is -2.23. The Morgan fingerprint density at radius 2 is 1.97 bits per heavy atom. The van der Waals surface area contributed by atoms with Crippen molar-refractivity contribution in [2.45, 2.75) is 46.8 Å². The van der Waals surface area contributed by atoms with Crippen LogP contribution in [0.1, 0.15) is 45.2 Å². The van der Waals surface area contributed by atoms with E-state index in [1.165, 1.54) is 0 Å². The van der Waals surface area contributed by atoms with Gasteiger partial charge >= 0.3 is 6.18 Å². The molecule has 0 radical (unpaired) electrons. The zero-order valence-electron chi connectivity index (χ0n) is 20.3. The number of primary amides is 1. The maximum absolute atomic E-state index is 13.4. The van der Waals surface area contributed by atoms with E-state index in [1.807, 2.05) is 19.9 Å². The second-order valence-electron chi connectivity index (χ2n) is 7.59. The third-order valence-corrected chi connectivity index (χ3v) is 4.81. The van der Waals surface area contributed by atoms with E-state index in [0.717, 1.165) is 24.0 Å². The molecule has 1 aromatic heterocycles. The summed E-state index contributed by atoms with van der Waals surface area (Å²) in [5.41, 5.74) is 7.35. The van der Waals surface area contributed by atoms with Gasteiger partial charge < -0.3 is 16.4 Å². The van der Waals surface area contributed by atoms with Gasteiger partial charge in [-0.3, -0.25) is 9.78 Å². The first-order chi connectivity index (χ1) is 16.4. The minimum Gasteiger partial charge on any atom is -0.380 e. The number of carbonyl (C=O) groups is 1. The lowest BCUT2D eigenvalue weighted by Gasteiger charge is -2.16. The van der Waals surface area contributed by atoms with E-state index < -0.39 is 17.6 Å². The fourth-order valence-corrected chi connectivity index (χ4v) is 2.83. The molecule has 6 nitrogen and oxygen atoms in total. The Bertz CT molecular complexity index is 1130. The van der Waals surface area contributed by atoms with Gasteiger partial charge in [-0.1, -0.05) is 25.2 Å². The van der Waals surface area contributed by atoms with Crippen LogP contribution >= 0.6 is 0 Å². The van der Waals surface area contributed by atoms with Crippen LogP contribution in [-0.2, 0) is 17.5 Å². The molecule has 1 aromatic rings. The molecule has 9 heteroatoms. The highest BCUT2D eigenvalue weighted by Crippen LogP contribution is 2.31. The molecule has 0 spiro atoms. The van der Waals surface area contributed by atoms with Gasteiger partial charge in [0, 0.05) is 47.2 Å². The SMILES string of the molecule is C=C(/C=C\C(C#N)=C/C)N/C(C)=C/C(NCc1cnccc1C(F)(F)F)=C(\C=C(/C)CC)C(N)=O. The van der Waals surface area contributed by atoms with E-state index in [9.17, 15) is 18.0 Å². The van der Waals surface area contributed by atoms with Gasteiger partial charge in [0.2, 0.25) is 0 Å². The molecule has 1 heterocycles. The van der Waals surface area contributed by atoms with E-state index in [0.29, 0.717) is 23.4 Å². The summed E-state index contributed by atoms with van der Waals surface area (Å²) in [6.45, 7) is 10.8. The predicted octanol–water partition coefficient (Wildman–Crippen LogP) is 5.32. The standard InChI is InChI=1S/C26H30F3N5O/c1-6-17(3)12-22(25(31)35)24(13-19(5)34-18(4)8-9-20(7-2)14-30)33-16-21-15-32-11-10-23(21)26(27,28)29/h7-13,15,33-34H,4,6,16H2,1-3,5H3,(H2,31,35)/b9-8-,17-12+,19-13+,20-7+,24-22-. The molecule has 1 amide bonds. The molecule has 0 aliphatic heterocycles. The first-order valence-electron chi connectivity index (χ1n) is 10.8. The summed E-state index contributed by atoms with van der Waals surface area (Å²) >= 11 is 0. The number of pyridine rings is 1. The van der Waals surface area contributed by atoms with Crippen LogP contribution in [0.4, 0.5) is 13.2 Å². The molecule has 0 aliphatic carbocycles. The summed E-state index contributed by atoms with van der Waals surface area (Å²) in [4.78, 5) is 16.0. The maximum atomic E-state index is 13.4. The predicted molar refractivity (Wildman–Crippen MR) is 131 cm³/mol. The minimum absolute atomic E-state index is 0.0840. The molecule has 0 atom stereocenters. The molecule has 4 N–H and O–H groups in total. The van der Waals surface area contributed by atoms with Crippen LogP contribution in [0.2, 0.25) is 0 Å². The van der Waals surface area contributed by atoms with Crippen molar-refractivity contribution in [1.29, 1.82) is 5.26 Å². The van der Waals surface area contributed by atoms with Crippen LogP contribution in [0, 0.1) is 11.3 Å². The number of halogens is 3. The Labute approximate surface area is 204 Å². The van der Waals surface area contributed by atoms with Crippen LogP contribution in [0.15, 0.2) is 89.2 Å². The van der Waals surface area contributed by atoms with Crippen LogP contribution in [0.5, 0.6) is 0 Å². The zero-order chi connectivity index (χ0) is 26.6. The summed E-state index contributed by atoms with van der Waals surface area (Å²) in [7, 11) is 0. The first kappa shape index (κ1) is 29.0. The number of carbonyl (C=O) groups excluding carboxylic acids is 1. The number of aromatic nitrogens is 1. The summed E-state index contributed by atoms with van der Waals surface area (Å²) < 4.78 is 40.2. The molecular formula is C26H30F3N5O. The molecular weight excluding hydrogens is 455 g/mol. The van der Waals surface area contributed by atoms with E-state index in [1.54, 1.807) is 44.2 Å². The monoisotopic (exact) mass is 485 g/mol. The zero-order valence-corrected chi connectivity index (χ0v) is 20.3. The van der Waals surface area contributed by atoms with Crippen molar-refractivity contribution in [1.82, 2.24) is 15.6 Å². The minimum atomic E-state index is -4.55. The summed E-state index contributed by atoms with van der Waals surface area (Å²) in [5, 5.41) is 14.9. The van der Waals surface area contributed by atoms with Crippen LogP contribution in [-0.4, -0.2) is 10.9 Å². The van der Waals surface area contributed by atoms with E-state index in [-0.39, 0.29) is 23.4 Å². The number of nitriles is 1. The van der Waals surface area contributed by atoms with Crippen molar-refractivity contribution in [3.8, 4) is 6.07 Å². The average molecular weight is 486 g/mol. The highest BCUT2D eigenvalue weighted by molar-refractivity contribution is 5.96. The topological polar surface area (TPSA) is 104 Å². The van der Waals surface area contributed by atoms with Gasteiger partial charge in [-0.15, -0.1) is 0 Å². The molecule has 35 heavy (non-hydrogen) atoms. The molecule has 1 rings (SSSR count). The van der Waals surface area contributed by atoms with Gasteiger partial charge in [-0.2, -0.15) is 18.4 Å². The lowest BCUT2D eigenvalue weighted by atomic mass is 10.1. The second-order valence-corrected chi connectivity index (χ2v) is 7.59. The molecule has 0 fully saturated rings. The molecule has 0 bridgehead atoms. The summed E-state index contributed by atoms with van der Waals surface area (Å²) in [5.74, 6) is -0.739. The van der Waals surface area contributed by atoms with Gasteiger partial charge in [0.25, 0.3) is 5.91 Å². The number of allylic oxidation sites excluding steroid dienone is 7. The number of nitrogens with one attached hydrogen (secondary N) is 2. The highest BCUT2D eigenvalue weighted by atomic mass is 19.4. The Morgan fingerprint density at radius 3 is 2.51 bits per heavy atom. The third-order valence-electron chi connectivity index (χ3n) is 4.81. The van der Waals surface area contributed by atoms with Gasteiger partial charge in [0.05, 0.1) is 17.2 Å². The Hall–Kier alpha value is -4.06. The van der Waals surface area contributed by atoms with Crippen molar-refractivity contribution in [3.63, 3.8) is 0 Å². The van der Waals surface area contributed by atoms with E-state index in [4.69, 9.17) is 11.0 Å². The number of hydrogen-bond donors (Lipinski definition) is 3. The summed E-state index contributed by atoms with van der Waals surface area (Å²) in [6.07, 6.45) is 6.29. The number of nitrogens with two attached hydrogens (primary N) is 1. The molecule has 0 aliphatic rings. The Balaban J connectivity index is 3.40. The van der Waals surface area contributed by atoms with Crippen LogP contribution in [0.3, 0.4) is 0 Å². The van der Waals surface area contributed by atoms with Crippen molar-refractivity contribution in [2.75, 3.05) is 0 Å². The normalized spacial score (nSPS) is 13.8. The fourth-order valence-electron chi connectivity index (χ4n) is 2.83. The van der Waals surface area contributed by atoms with Crippen molar-refractivity contribution in [2.24, 2.45) is 5.73 Å². The van der Waals surface area contributed by atoms with Crippen molar-refractivity contribution in [3.05, 3.63) is 100 Å². The van der Waals surface area contributed by atoms with Gasteiger partial charge in [-0.05, 0) is 57.6 Å². The molecule has 0 saturated carbocycles. The third kappa shape index (κ3) is 9.76. The second kappa shape index (κ2) is 13.6. The number of amides is 1. The number of nitrogens with zero attached hydrogens (tertiary/aromatic N) is 2. The number of rotatable bonds is 11. The number of hydrogen-bond acceptors (Lipinski definition) is 5. The average Bonchev–Trinajstić information content (AvgIpc) is 2.80. The smallest absolute Gasteiger partial charge is 0.380 e. The van der Waals surface area contributed by atoms with Crippen LogP contribution < -0.4 is 16.4 Å². The van der Waals surface area contributed by atoms with Crippen molar-refractivity contribution < 1.29 is 18.0 Å². The van der Waals surface area contributed by atoms with Gasteiger partial charge in [0.1, 0.15) is 0 Å². The van der Waals surface area contributed by atoms with E-state index in [2.05, 4.69) is 22.2 Å². The van der Waals surface area contributed by atoms with Crippen LogP contribution in [0.25, 0.3) is 0 Å². The molecule has 0 unspecified atom stereocenters. The first-order valence-corrected chi connectivity index (χ1v) is 10.8. The number of alkyl halides is 3. The maximum Gasteiger partial charge on any atom is 0.416 e. The molecule has 186 valence electrons. The highest BCUT2D eigenvalue weighted by Gasteiger charge is 2.33. The van der Waals surface area contributed by atoms with Gasteiger partial charge in [-0.25, -0.2) is 0 Å². The lowest BCUT2D eigenvalue weighted by molar-refractivity contribution is -0.138. The molecule has 0 aromatic carbocycles. The largest absolute Gasteiger partial charge is 0.416 e. The quantitative estimate of drug-likeness (QED) is 0.224. The van der Waals surface area contributed by atoms with Crippen molar-refractivity contribution >= 4 is 5.91 Å². The molecule has 0 saturated heterocycles. The Kier molecular flexibility index (Phi) is 11.3. The summed E-state index contributed by atoms with van der Waals surface area (Å²) in [6, 6.07) is 2.92.